The largest absolute Gasteiger partial charge is 0.406 e. The van der Waals surface area contributed by atoms with Gasteiger partial charge in [0.15, 0.2) is 5.96 Å². The van der Waals surface area contributed by atoms with Gasteiger partial charge in [0.25, 0.3) is 0 Å². The van der Waals surface area contributed by atoms with E-state index in [4.69, 9.17) is 0 Å². The average Bonchev–Trinajstić information content (AvgIpc) is 2.60. The standard InChI is InChI=1S/C19H29F3N4O/c1-6-14-7-9-15(10-8-14)18(2,3)12-25-17(23-4)24-11-16(27)26(5)13-19(20,21)22/h7-10H,6,11-13H2,1-5H3,(H2,23,24,25). The van der Waals surface area contributed by atoms with Crippen molar-refractivity contribution in [3.63, 3.8) is 0 Å². The molecule has 0 fully saturated rings. The topological polar surface area (TPSA) is 56.7 Å². The highest BCUT2D eigenvalue weighted by atomic mass is 19.4. The van der Waals surface area contributed by atoms with Crippen LogP contribution in [-0.4, -0.2) is 56.7 Å². The molecule has 0 unspecified atom stereocenters. The molecule has 1 amide bonds. The van der Waals surface area contributed by atoms with Gasteiger partial charge in [0.2, 0.25) is 5.91 Å². The molecule has 0 aliphatic rings. The predicted octanol–water partition coefficient (Wildman–Crippen LogP) is 2.71. The summed E-state index contributed by atoms with van der Waals surface area (Å²) in [5, 5.41) is 5.88. The molecular weight excluding hydrogens is 357 g/mol. The number of benzene rings is 1. The monoisotopic (exact) mass is 386 g/mol. The van der Waals surface area contributed by atoms with E-state index in [9.17, 15) is 18.0 Å². The molecule has 8 heteroatoms. The molecule has 1 rings (SSSR count). The van der Waals surface area contributed by atoms with Crippen LogP contribution in [0, 0.1) is 0 Å². The number of nitrogens with zero attached hydrogens (tertiary/aromatic N) is 2. The fourth-order valence-electron chi connectivity index (χ4n) is 2.47. The van der Waals surface area contributed by atoms with E-state index in [1.54, 1.807) is 7.05 Å². The highest BCUT2D eigenvalue weighted by molar-refractivity contribution is 5.86. The number of alkyl halides is 3. The molecule has 152 valence electrons. The number of likely N-dealkylation sites (N-methyl/N-ethyl adjacent to an activating group) is 1. The number of aliphatic imine (C=N–C) groups is 1. The van der Waals surface area contributed by atoms with Crippen LogP contribution in [-0.2, 0) is 16.6 Å². The molecule has 0 radical (unpaired) electrons. The van der Waals surface area contributed by atoms with Gasteiger partial charge in [-0.05, 0) is 17.5 Å². The predicted molar refractivity (Wildman–Crippen MR) is 102 cm³/mol. The molecule has 0 bridgehead atoms. The summed E-state index contributed by atoms with van der Waals surface area (Å²) >= 11 is 0. The zero-order valence-electron chi connectivity index (χ0n) is 16.6. The molecule has 0 aliphatic carbocycles. The maximum atomic E-state index is 12.3. The zero-order chi connectivity index (χ0) is 20.7. The van der Waals surface area contributed by atoms with Crippen LogP contribution in [0.4, 0.5) is 13.2 Å². The second-order valence-corrected chi connectivity index (χ2v) is 7.08. The third kappa shape index (κ3) is 7.88. The van der Waals surface area contributed by atoms with E-state index in [0.717, 1.165) is 19.0 Å². The van der Waals surface area contributed by atoms with Crippen molar-refractivity contribution in [3.8, 4) is 0 Å². The number of carbonyl (C=O) groups excluding carboxylic acids is 1. The van der Waals surface area contributed by atoms with Gasteiger partial charge in [-0.3, -0.25) is 9.79 Å². The number of carbonyl (C=O) groups is 1. The molecule has 0 aromatic heterocycles. The van der Waals surface area contributed by atoms with Crippen molar-refractivity contribution in [2.75, 3.05) is 33.7 Å². The first-order valence-corrected chi connectivity index (χ1v) is 8.83. The Balaban J connectivity index is 2.56. The summed E-state index contributed by atoms with van der Waals surface area (Å²) < 4.78 is 37.0. The Kier molecular flexibility index (Phi) is 8.12. The Bertz CT molecular complexity index is 639. The van der Waals surface area contributed by atoms with Gasteiger partial charge in [0.05, 0.1) is 6.54 Å². The van der Waals surface area contributed by atoms with Crippen molar-refractivity contribution < 1.29 is 18.0 Å². The number of nitrogens with one attached hydrogen (secondary N) is 2. The summed E-state index contributed by atoms with van der Waals surface area (Å²) in [7, 11) is 2.67. The van der Waals surface area contributed by atoms with Crippen LogP contribution < -0.4 is 10.6 Å². The van der Waals surface area contributed by atoms with E-state index in [1.807, 2.05) is 0 Å². The van der Waals surface area contributed by atoms with Crippen LogP contribution in [0.1, 0.15) is 31.9 Å². The molecule has 0 heterocycles. The Labute approximate surface area is 159 Å². The molecule has 0 spiro atoms. The fraction of sp³-hybridized carbons (Fsp3) is 0.579. The SMILES string of the molecule is CCc1ccc(C(C)(C)CNC(=NC)NCC(=O)N(C)CC(F)(F)F)cc1. The smallest absolute Gasteiger partial charge is 0.356 e. The van der Waals surface area contributed by atoms with Gasteiger partial charge >= 0.3 is 6.18 Å². The van der Waals surface area contributed by atoms with E-state index < -0.39 is 18.6 Å². The highest BCUT2D eigenvalue weighted by Gasteiger charge is 2.31. The Hall–Kier alpha value is -2.25. The fourth-order valence-corrected chi connectivity index (χ4v) is 2.47. The third-order valence-corrected chi connectivity index (χ3v) is 4.31. The number of amides is 1. The number of hydrogen-bond acceptors (Lipinski definition) is 2. The van der Waals surface area contributed by atoms with Gasteiger partial charge in [0.1, 0.15) is 6.54 Å². The molecule has 5 nitrogen and oxygen atoms in total. The summed E-state index contributed by atoms with van der Waals surface area (Å²) in [6.07, 6.45) is -3.44. The lowest BCUT2D eigenvalue weighted by Crippen LogP contribution is -2.47. The first-order chi connectivity index (χ1) is 12.5. The molecule has 0 saturated heterocycles. The molecule has 2 N–H and O–H groups in total. The summed E-state index contributed by atoms with van der Waals surface area (Å²) in [5.74, 6) is -0.299. The van der Waals surface area contributed by atoms with Crippen LogP contribution in [0.15, 0.2) is 29.3 Å². The summed E-state index contributed by atoms with van der Waals surface area (Å²) in [4.78, 5) is 16.5. The quantitative estimate of drug-likeness (QED) is 0.560. The lowest BCUT2D eigenvalue weighted by atomic mass is 9.84. The normalized spacial score (nSPS) is 12.7. The Morgan fingerprint density at radius 1 is 1.15 bits per heavy atom. The minimum absolute atomic E-state index is 0.193. The first-order valence-electron chi connectivity index (χ1n) is 8.83. The van der Waals surface area contributed by atoms with E-state index in [-0.39, 0.29) is 12.0 Å². The maximum absolute atomic E-state index is 12.3. The van der Waals surface area contributed by atoms with Crippen LogP contribution in [0.2, 0.25) is 0 Å². The number of aryl methyl sites for hydroxylation is 1. The maximum Gasteiger partial charge on any atom is 0.406 e. The number of guanidine groups is 1. The average molecular weight is 386 g/mol. The minimum atomic E-state index is -4.41. The molecule has 0 atom stereocenters. The van der Waals surface area contributed by atoms with Crippen molar-refractivity contribution in [3.05, 3.63) is 35.4 Å². The van der Waals surface area contributed by atoms with Crippen LogP contribution >= 0.6 is 0 Å². The molecule has 0 saturated carbocycles. The van der Waals surface area contributed by atoms with Crippen molar-refractivity contribution >= 4 is 11.9 Å². The minimum Gasteiger partial charge on any atom is -0.356 e. The molecule has 1 aromatic carbocycles. The van der Waals surface area contributed by atoms with E-state index in [1.165, 1.54) is 5.56 Å². The molecule has 0 aliphatic heterocycles. The van der Waals surface area contributed by atoms with Gasteiger partial charge < -0.3 is 15.5 Å². The first kappa shape index (κ1) is 22.8. The highest BCUT2D eigenvalue weighted by Crippen LogP contribution is 2.22. The third-order valence-electron chi connectivity index (χ3n) is 4.31. The second-order valence-electron chi connectivity index (χ2n) is 7.08. The number of rotatable bonds is 7. The number of hydrogen-bond donors (Lipinski definition) is 2. The van der Waals surface area contributed by atoms with E-state index in [0.29, 0.717) is 17.4 Å². The summed E-state index contributed by atoms with van der Waals surface area (Å²) in [5.41, 5.74) is 2.23. The Morgan fingerprint density at radius 3 is 2.22 bits per heavy atom. The lowest BCUT2D eigenvalue weighted by molar-refractivity contribution is -0.157. The molecule has 27 heavy (non-hydrogen) atoms. The van der Waals surface area contributed by atoms with Crippen LogP contribution in [0.3, 0.4) is 0 Å². The van der Waals surface area contributed by atoms with Gasteiger partial charge in [0, 0.05) is 26.1 Å². The molecule has 1 aromatic rings. The van der Waals surface area contributed by atoms with Crippen LogP contribution in [0.25, 0.3) is 0 Å². The van der Waals surface area contributed by atoms with Gasteiger partial charge in [-0.25, -0.2) is 0 Å². The second kappa shape index (κ2) is 9.62. The lowest BCUT2D eigenvalue weighted by Gasteiger charge is -2.27. The summed E-state index contributed by atoms with van der Waals surface area (Å²) in [6, 6.07) is 8.37. The van der Waals surface area contributed by atoms with Crippen molar-refractivity contribution in [2.45, 2.75) is 38.8 Å². The van der Waals surface area contributed by atoms with Crippen LogP contribution in [0.5, 0.6) is 0 Å². The van der Waals surface area contributed by atoms with Gasteiger partial charge in [-0.1, -0.05) is 45.0 Å². The van der Waals surface area contributed by atoms with Crippen molar-refractivity contribution in [1.82, 2.24) is 15.5 Å². The van der Waals surface area contributed by atoms with E-state index in [2.05, 4.69) is 60.7 Å². The van der Waals surface area contributed by atoms with E-state index >= 15 is 0 Å². The number of halogens is 3. The van der Waals surface area contributed by atoms with Gasteiger partial charge in [-0.15, -0.1) is 0 Å². The Morgan fingerprint density at radius 2 is 1.74 bits per heavy atom. The summed E-state index contributed by atoms with van der Waals surface area (Å²) in [6.45, 7) is 5.26. The van der Waals surface area contributed by atoms with Crippen molar-refractivity contribution in [2.24, 2.45) is 4.99 Å². The van der Waals surface area contributed by atoms with Gasteiger partial charge in [-0.2, -0.15) is 13.2 Å². The molecular formula is C19H29F3N4O. The zero-order valence-corrected chi connectivity index (χ0v) is 16.6. The van der Waals surface area contributed by atoms with Crippen molar-refractivity contribution in [1.29, 1.82) is 0 Å².